The van der Waals surface area contributed by atoms with Crippen molar-refractivity contribution in [3.8, 4) is 0 Å². The molecule has 1 aromatic heterocycles. The average Bonchev–Trinajstić information content (AvgIpc) is 2.67. The smallest absolute Gasteiger partial charge is 0.153 e. The lowest BCUT2D eigenvalue weighted by Gasteiger charge is -2.10. The minimum atomic E-state index is 0.446. The predicted octanol–water partition coefficient (Wildman–Crippen LogP) is 2.73. The van der Waals surface area contributed by atoms with Gasteiger partial charge in [-0.2, -0.15) is 5.10 Å². The largest absolute Gasteiger partial charge is 0.383 e. The fraction of sp³-hybridized carbons (Fsp3) is 0.600. The Labute approximate surface area is 88.9 Å². The second-order valence-electron chi connectivity index (χ2n) is 3.80. The summed E-state index contributed by atoms with van der Waals surface area (Å²) in [4.78, 5) is 0. The molecule has 0 radical (unpaired) electrons. The van der Waals surface area contributed by atoms with Crippen LogP contribution in [-0.2, 0) is 0 Å². The van der Waals surface area contributed by atoms with E-state index in [9.17, 15) is 0 Å². The fourth-order valence-electron chi connectivity index (χ4n) is 1.91. The van der Waals surface area contributed by atoms with E-state index in [1.54, 1.807) is 6.20 Å². The van der Waals surface area contributed by atoms with Crippen LogP contribution in [0.5, 0.6) is 0 Å². The first kappa shape index (κ1) is 9.71. The number of hydrogen-bond acceptors (Lipinski definition) is 3. The lowest BCUT2D eigenvalue weighted by atomic mass is 10.1. The van der Waals surface area contributed by atoms with Crippen molar-refractivity contribution in [1.29, 1.82) is 0 Å². The van der Waals surface area contributed by atoms with E-state index in [4.69, 9.17) is 11.6 Å². The fourth-order valence-corrected chi connectivity index (χ4v) is 2.08. The second-order valence-corrected chi connectivity index (χ2v) is 4.19. The molecule has 0 spiro atoms. The van der Waals surface area contributed by atoms with Crippen LogP contribution < -0.4 is 5.32 Å². The summed E-state index contributed by atoms with van der Waals surface area (Å²) in [6, 6.07) is 1.81. The van der Waals surface area contributed by atoms with E-state index in [0.717, 1.165) is 18.2 Å². The quantitative estimate of drug-likeness (QED) is 0.836. The van der Waals surface area contributed by atoms with Gasteiger partial charge in [-0.3, -0.25) is 0 Å². The van der Waals surface area contributed by atoms with E-state index in [1.165, 1.54) is 25.7 Å². The summed E-state index contributed by atoms with van der Waals surface area (Å²) in [5.74, 6) is 0.821. The Bertz CT molecular complexity index is 297. The first-order chi connectivity index (χ1) is 6.84. The maximum Gasteiger partial charge on any atom is 0.153 e. The Kier molecular flexibility index (Phi) is 3.19. The molecule has 1 heterocycles. The summed E-state index contributed by atoms with van der Waals surface area (Å²) in [7, 11) is 0. The molecule has 1 aromatic rings. The SMILES string of the molecule is Clc1cc(NCC2CCCC2)cnn1. The Balaban J connectivity index is 1.85. The minimum absolute atomic E-state index is 0.446. The first-order valence-electron chi connectivity index (χ1n) is 5.07. The Morgan fingerprint density at radius 2 is 2.21 bits per heavy atom. The highest BCUT2D eigenvalue weighted by Gasteiger charge is 2.14. The molecule has 1 aliphatic rings. The van der Waals surface area contributed by atoms with E-state index in [0.29, 0.717) is 5.15 Å². The van der Waals surface area contributed by atoms with Crippen LogP contribution in [0.2, 0.25) is 5.15 Å². The molecule has 1 N–H and O–H groups in total. The third kappa shape index (κ3) is 2.58. The molecular formula is C10H14ClN3. The van der Waals surface area contributed by atoms with Gasteiger partial charge >= 0.3 is 0 Å². The first-order valence-corrected chi connectivity index (χ1v) is 5.44. The normalized spacial score (nSPS) is 17.2. The molecule has 1 saturated carbocycles. The monoisotopic (exact) mass is 211 g/mol. The molecule has 0 amide bonds. The van der Waals surface area contributed by atoms with Crippen molar-refractivity contribution in [3.05, 3.63) is 17.4 Å². The Morgan fingerprint density at radius 3 is 2.93 bits per heavy atom. The van der Waals surface area contributed by atoms with Crippen LogP contribution in [-0.4, -0.2) is 16.7 Å². The summed E-state index contributed by atoms with van der Waals surface area (Å²) in [5.41, 5.74) is 0.969. The third-order valence-electron chi connectivity index (χ3n) is 2.69. The van der Waals surface area contributed by atoms with E-state index >= 15 is 0 Å². The molecule has 0 aromatic carbocycles. The summed E-state index contributed by atoms with van der Waals surface area (Å²) >= 11 is 5.73. The molecule has 0 unspecified atom stereocenters. The maximum atomic E-state index is 5.73. The van der Waals surface area contributed by atoms with Gasteiger partial charge in [0.1, 0.15) is 0 Å². The van der Waals surface area contributed by atoms with Crippen molar-refractivity contribution >= 4 is 17.3 Å². The zero-order valence-corrected chi connectivity index (χ0v) is 8.80. The molecule has 0 atom stereocenters. The Morgan fingerprint density at radius 1 is 1.43 bits per heavy atom. The average molecular weight is 212 g/mol. The summed E-state index contributed by atoms with van der Waals surface area (Å²) in [5, 5.41) is 11.3. The highest BCUT2D eigenvalue weighted by atomic mass is 35.5. The van der Waals surface area contributed by atoms with Crippen LogP contribution in [0.15, 0.2) is 12.3 Å². The van der Waals surface area contributed by atoms with Gasteiger partial charge in [-0.1, -0.05) is 24.4 Å². The van der Waals surface area contributed by atoms with Gasteiger partial charge in [0, 0.05) is 12.6 Å². The molecule has 1 aliphatic carbocycles. The summed E-state index contributed by atoms with van der Waals surface area (Å²) in [6.07, 6.45) is 7.16. The topological polar surface area (TPSA) is 37.8 Å². The van der Waals surface area contributed by atoms with Gasteiger partial charge in [0.15, 0.2) is 5.15 Å². The number of hydrogen-bond donors (Lipinski definition) is 1. The van der Waals surface area contributed by atoms with E-state index < -0.39 is 0 Å². The zero-order valence-electron chi connectivity index (χ0n) is 8.04. The second kappa shape index (κ2) is 4.60. The highest BCUT2D eigenvalue weighted by molar-refractivity contribution is 6.29. The van der Waals surface area contributed by atoms with Gasteiger partial charge in [-0.25, -0.2) is 0 Å². The molecule has 0 bridgehead atoms. The number of aromatic nitrogens is 2. The number of rotatable bonds is 3. The predicted molar refractivity (Wildman–Crippen MR) is 57.5 cm³/mol. The van der Waals surface area contributed by atoms with Crippen molar-refractivity contribution in [2.45, 2.75) is 25.7 Å². The van der Waals surface area contributed by atoms with Crippen molar-refractivity contribution in [2.24, 2.45) is 5.92 Å². The van der Waals surface area contributed by atoms with Crippen LogP contribution in [0.1, 0.15) is 25.7 Å². The molecule has 76 valence electrons. The van der Waals surface area contributed by atoms with Gasteiger partial charge in [0.25, 0.3) is 0 Å². The van der Waals surface area contributed by atoms with Crippen molar-refractivity contribution in [3.63, 3.8) is 0 Å². The van der Waals surface area contributed by atoms with Crippen molar-refractivity contribution < 1.29 is 0 Å². The lowest BCUT2D eigenvalue weighted by molar-refractivity contribution is 0.579. The Hall–Kier alpha value is -0.830. The summed E-state index contributed by atoms with van der Waals surface area (Å²) < 4.78 is 0. The van der Waals surface area contributed by atoms with E-state index in [-0.39, 0.29) is 0 Å². The molecule has 0 saturated heterocycles. The van der Waals surface area contributed by atoms with Gasteiger partial charge in [0.05, 0.1) is 11.9 Å². The standard InChI is InChI=1S/C10H14ClN3/c11-10-5-9(7-13-14-10)12-6-8-3-1-2-4-8/h5,7-8H,1-4,6H2,(H,12,14). The zero-order chi connectivity index (χ0) is 9.80. The van der Waals surface area contributed by atoms with E-state index in [2.05, 4.69) is 15.5 Å². The molecule has 2 rings (SSSR count). The molecule has 1 fully saturated rings. The maximum absolute atomic E-state index is 5.73. The third-order valence-corrected chi connectivity index (χ3v) is 2.88. The van der Waals surface area contributed by atoms with E-state index in [1.807, 2.05) is 6.07 Å². The number of halogens is 1. The number of anilines is 1. The van der Waals surface area contributed by atoms with Crippen molar-refractivity contribution in [1.82, 2.24) is 10.2 Å². The summed E-state index contributed by atoms with van der Waals surface area (Å²) in [6.45, 7) is 1.03. The lowest BCUT2D eigenvalue weighted by Crippen LogP contribution is -2.11. The molecule has 14 heavy (non-hydrogen) atoms. The molecular weight excluding hydrogens is 198 g/mol. The van der Waals surface area contributed by atoms with Crippen LogP contribution in [0.25, 0.3) is 0 Å². The molecule has 0 aliphatic heterocycles. The van der Waals surface area contributed by atoms with Gasteiger partial charge in [-0.05, 0) is 18.8 Å². The van der Waals surface area contributed by atoms with Crippen LogP contribution in [0.3, 0.4) is 0 Å². The van der Waals surface area contributed by atoms with Gasteiger partial charge < -0.3 is 5.32 Å². The van der Waals surface area contributed by atoms with Crippen LogP contribution in [0.4, 0.5) is 5.69 Å². The minimum Gasteiger partial charge on any atom is -0.383 e. The van der Waals surface area contributed by atoms with Crippen LogP contribution in [0, 0.1) is 5.92 Å². The highest BCUT2D eigenvalue weighted by Crippen LogP contribution is 2.24. The van der Waals surface area contributed by atoms with Crippen LogP contribution >= 0.6 is 11.6 Å². The number of nitrogens with zero attached hydrogens (tertiary/aromatic N) is 2. The molecule has 3 nitrogen and oxygen atoms in total. The molecule has 4 heteroatoms. The van der Waals surface area contributed by atoms with Gasteiger partial charge in [0.2, 0.25) is 0 Å². The van der Waals surface area contributed by atoms with Crippen molar-refractivity contribution in [2.75, 3.05) is 11.9 Å². The van der Waals surface area contributed by atoms with Gasteiger partial charge in [-0.15, -0.1) is 5.10 Å². The number of nitrogens with one attached hydrogen (secondary N) is 1.